The quantitative estimate of drug-likeness (QED) is 0.851. The molecule has 0 aliphatic carbocycles. The molecule has 2 heterocycles. The normalized spacial score (nSPS) is 29.1. The number of piperidine rings is 2. The molecule has 6 heteroatoms. The highest BCUT2D eigenvalue weighted by molar-refractivity contribution is 7.86. The molecule has 1 aromatic rings. The van der Waals surface area contributed by atoms with Crippen LogP contribution in [0.1, 0.15) is 38.2 Å². The Balaban J connectivity index is 2.01. The molecule has 0 amide bonds. The van der Waals surface area contributed by atoms with Crippen molar-refractivity contribution < 1.29 is 12.3 Å². The summed E-state index contributed by atoms with van der Waals surface area (Å²) in [5.74, 6) is 0.592. The van der Waals surface area contributed by atoms with E-state index in [9.17, 15) is 8.42 Å². The predicted molar refractivity (Wildman–Crippen MR) is 92.6 cm³/mol. The first-order valence-corrected chi connectivity index (χ1v) is 10.3. The van der Waals surface area contributed by atoms with Gasteiger partial charge in [0.1, 0.15) is 10.9 Å². The Hall–Kier alpha value is -1.42. The lowest BCUT2D eigenvalue weighted by atomic mass is 9.95. The Bertz CT molecular complexity index is 708. The van der Waals surface area contributed by atoms with E-state index >= 15 is 0 Å². The molecule has 1 aromatic carbocycles. The van der Waals surface area contributed by atoms with E-state index in [2.05, 4.69) is 18.3 Å². The fourth-order valence-electron chi connectivity index (χ4n) is 4.12. The summed E-state index contributed by atoms with van der Waals surface area (Å²) in [5.41, 5.74) is 0.495. The summed E-state index contributed by atoms with van der Waals surface area (Å²) in [4.78, 5) is 0.356. The van der Waals surface area contributed by atoms with Crippen LogP contribution >= 0.6 is 0 Å². The molecule has 130 valence electrons. The van der Waals surface area contributed by atoms with Crippen LogP contribution in [0.5, 0.6) is 0 Å². The number of nitrogens with zero attached hydrogens (tertiary/aromatic N) is 2. The summed E-state index contributed by atoms with van der Waals surface area (Å²) >= 11 is 0. The van der Waals surface area contributed by atoms with Crippen LogP contribution in [0.3, 0.4) is 0 Å². The van der Waals surface area contributed by atoms with Crippen LogP contribution < -0.4 is 5.32 Å². The molecular weight excluding hydrogens is 322 g/mol. The number of rotatable bonds is 3. The third kappa shape index (κ3) is 2.97. The summed E-state index contributed by atoms with van der Waals surface area (Å²) in [5, 5.41) is 12.3. The van der Waals surface area contributed by atoms with Gasteiger partial charge in [0.15, 0.2) is 0 Å². The minimum absolute atomic E-state index is 0.166. The first-order chi connectivity index (χ1) is 11.5. The number of hydrogen-bond donors (Lipinski definition) is 1. The monoisotopic (exact) mass is 348 g/mol. The van der Waals surface area contributed by atoms with Gasteiger partial charge in [-0.25, -0.2) is 3.89 Å². The van der Waals surface area contributed by atoms with Gasteiger partial charge in [-0.3, -0.25) is 0 Å². The van der Waals surface area contributed by atoms with Gasteiger partial charge in [-0.1, -0.05) is 6.92 Å². The largest absolute Gasteiger partial charge is 0.327 e. The van der Waals surface area contributed by atoms with Crippen molar-refractivity contribution in [3.8, 4) is 6.07 Å². The molecule has 2 fully saturated rings. The van der Waals surface area contributed by atoms with E-state index in [0.29, 0.717) is 29.5 Å². The molecule has 2 aliphatic heterocycles. The molecule has 5 nitrogen and oxygen atoms in total. The second kappa shape index (κ2) is 6.83. The van der Waals surface area contributed by atoms with E-state index in [-0.39, 0.29) is 9.93 Å². The van der Waals surface area contributed by atoms with Crippen LogP contribution in [-0.4, -0.2) is 44.5 Å². The van der Waals surface area contributed by atoms with E-state index in [1.54, 1.807) is 24.3 Å². The Kier molecular flexibility index (Phi) is 4.95. The first kappa shape index (κ1) is 17.4. The van der Waals surface area contributed by atoms with Gasteiger partial charge < -0.3 is 5.32 Å². The SMILES string of the molecule is CC1CC[N+](C2CCNCC2)(S(=O)(=O)c2ccc(C#N)cc2)CC1. The van der Waals surface area contributed by atoms with Gasteiger partial charge in [0, 0.05) is 38.8 Å². The van der Waals surface area contributed by atoms with Crippen LogP contribution in [-0.2, 0) is 10.0 Å². The number of hydrogen-bond acceptors (Lipinski definition) is 4. The third-order valence-corrected chi connectivity index (χ3v) is 8.22. The van der Waals surface area contributed by atoms with Gasteiger partial charge >= 0.3 is 10.0 Å². The molecule has 0 radical (unpaired) electrons. The zero-order chi connectivity index (χ0) is 17.2. The van der Waals surface area contributed by atoms with Crippen molar-refractivity contribution in [3.05, 3.63) is 29.8 Å². The second-order valence-electron chi connectivity index (χ2n) is 7.17. The van der Waals surface area contributed by atoms with Crippen molar-refractivity contribution in [3.63, 3.8) is 0 Å². The van der Waals surface area contributed by atoms with Crippen LogP contribution in [0.4, 0.5) is 0 Å². The minimum Gasteiger partial charge on any atom is -0.316 e. The average molecular weight is 348 g/mol. The highest BCUT2D eigenvalue weighted by Crippen LogP contribution is 2.37. The van der Waals surface area contributed by atoms with Crippen LogP contribution in [0, 0.1) is 17.2 Å². The van der Waals surface area contributed by atoms with Crippen LogP contribution in [0.25, 0.3) is 0 Å². The van der Waals surface area contributed by atoms with E-state index < -0.39 is 10.0 Å². The van der Waals surface area contributed by atoms with Gasteiger partial charge in [0.2, 0.25) is 0 Å². The average Bonchev–Trinajstić information content (AvgIpc) is 2.63. The molecule has 3 rings (SSSR count). The van der Waals surface area contributed by atoms with Crippen molar-refractivity contribution in [1.82, 2.24) is 5.32 Å². The maximum atomic E-state index is 13.6. The molecule has 24 heavy (non-hydrogen) atoms. The number of benzene rings is 1. The summed E-state index contributed by atoms with van der Waals surface area (Å²) in [6, 6.07) is 8.65. The molecule has 0 saturated carbocycles. The highest BCUT2D eigenvalue weighted by atomic mass is 32.2. The Morgan fingerprint density at radius 3 is 2.21 bits per heavy atom. The lowest BCUT2D eigenvalue weighted by Crippen LogP contribution is -2.64. The third-order valence-electron chi connectivity index (χ3n) is 5.73. The standard InChI is InChI=1S/C18H26N3O2S/c1-15-8-12-21(13-9-15,17-6-10-20-11-7-17)24(22,23)18-4-2-16(14-19)3-5-18/h2-5,15,17,20H,6-13H2,1H3/q+1. The number of nitrogens with one attached hydrogen (secondary N) is 1. The van der Waals surface area contributed by atoms with Gasteiger partial charge in [-0.2, -0.15) is 13.7 Å². The summed E-state index contributed by atoms with van der Waals surface area (Å²) in [7, 11) is -3.47. The van der Waals surface area contributed by atoms with E-state index in [0.717, 1.165) is 38.8 Å². The number of nitriles is 1. The maximum absolute atomic E-state index is 13.6. The second-order valence-corrected chi connectivity index (χ2v) is 9.32. The maximum Gasteiger partial charge on any atom is 0.327 e. The molecule has 1 N–H and O–H groups in total. The summed E-state index contributed by atoms with van der Waals surface area (Å²) < 4.78 is 27.4. The fourth-order valence-corrected chi connectivity index (χ4v) is 6.32. The van der Waals surface area contributed by atoms with Crippen molar-refractivity contribution in [2.75, 3.05) is 26.2 Å². The molecule has 0 unspecified atom stereocenters. The molecule has 0 aromatic heterocycles. The molecule has 0 bridgehead atoms. The van der Waals surface area contributed by atoms with Crippen LogP contribution in [0.15, 0.2) is 29.2 Å². The Morgan fingerprint density at radius 1 is 1.08 bits per heavy atom. The number of quaternary nitrogens is 1. The number of sulfonamides is 1. The predicted octanol–water partition coefficient (Wildman–Crippen LogP) is 2.25. The molecule has 2 saturated heterocycles. The highest BCUT2D eigenvalue weighted by Gasteiger charge is 2.50. The van der Waals surface area contributed by atoms with E-state index in [4.69, 9.17) is 5.26 Å². The minimum atomic E-state index is -3.47. The zero-order valence-corrected chi connectivity index (χ0v) is 15.1. The Morgan fingerprint density at radius 2 is 1.67 bits per heavy atom. The van der Waals surface area contributed by atoms with Gasteiger partial charge in [-0.15, -0.1) is 0 Å². The van der Waals surface area contributed by atoms with Crippen molar-refractivity contribution in [2.45, 2.75) is 43.5 Å². The summed E-state index contributed by atoms with van der Waals surface area (Å²) in [6.07, 6.45) is 3.73. The van der Waals surface area contributed by atoms with Crippen molar-refractivity contribution in [2.24, 2.45) is 5.92 Å². The zero-order valence-electron chi connectivity index (χ0n) is 14.2. The smallest absolute Gasteiger partial charge is 0.316 e. The topological polar surface area (TPSA) is 70.0 Å². The lowest BCUT2D eigenvalue weighted by Gasteiger charge is -2.47. The molecule has 2 aliphatic rings. The molecule has 0 spiro atoms. The van der Waals surface area contributed by atoms with E-state index in [1.165, 1.54) is 0 Å². The van der Waals surface area contributed by atoms with Crippen molar-refractivity contribution in [1.29, 1.82) is 5.26 Å². The fraction of sp³-hybridized carbons (Fsp3) is 0.611. The van der Waals surface area contributed by atoms with Crippen LogP contribution in [0.2, 0.25) is 0 Å². The Labute approximate surface area is 144 Å². The van der Waals surface area contributed by atoms with E-state index in [1.807, 2.05) is 0 Å². The van der Waals surface area contributed by atoms with Crippen molar-refractivity contribution >= 4 is 10.0 Å². The number of likely N-dealkylation sites (tertiary alicyclic amines) is 1. The molecule has 0 atom stereocenters. The van der Waals surface area contributed by atoms with Gasteiger partial charge in [0.05, 0.1) is 24.7 Å². The molecular formula is C18H26N3O2S+. The first-order valence-electron chi connectivity index (χ1n) is 8.82. The lowest BCUT2D eigenvalue weighted by molar-refractivity contribution is -0.841. The van der Waals surface area contributed by atoms with Gasteiger partial charge in [-0.05, 0) is 30.2 Å². The van der Waals surface area contributed by atoms with Gasteiger partial charge in [0.25, 0.3) is 0 Å². The summed E-state index contributed by atoms with van der Waals surface area (Å²) in [6.45, 7) is 5.40.